The van der Waals surface area contributed by atoms with E-state index >= 15 is 0 Å². The summed E-state index contributed by atoms with van der Waals surface area (Å²) in [6, 6.07) is 4.94. The van der Waals surface area contributed by atoms with E-state index in [9.17, 15) is 9.90 Å². The predicted octanol–water partition coefficient (Wildman–Crippen LogP) is 1.67. The summed E-state index contributed by atoms with van der Waals surface area (Å²) < 4.78 is 9.99. The molecule has 104 valence electrons. The topological polar surface area (TPSA) is 67.8 Å². The quantitative estimate of drug-likeness (QED) is 0.819. The van der Waals surface area contributed by atoms with Gasteiger partial charge in [0.15, 0.2) is 11.5 Å². The van der Waals surface area contributed by atoms with Crippen LogP contribution in [0.3, 0.4) is 0 Å². The molecule has 0 radical (unpaired) electrons. The third-order valence-electron chi connectivity index (χ3n) is 2.86. The molecular weight excluding hydrogens is 266 g/mol. The SMILES string of the molecule is CCOC(=O)[C@@H]1CSC(c2ccc(OC)c(O)c2)N1. The molecule has 0 amide bonds. The van der Waals surface area contributed by atoms with Gasteiger partial charge < -0.3 is 14.6 Å². The average Bonchev–Trinajstić information content (AvgIpc) is 2.88. The molecule has 6 heteroatoms. The number of rotatable bonds is 4. The molecule has 0 bridgehead atoms. The van der Waals surface area contributed by atoms with Gasteiger partial charge in [-0.2, -0.15) is 0 Å². The fraction of sp³-hybridized carbons (Fsp3) is 0.462. The van der Waals surface area contributed by atoms with Gasteiger partial charge in [0.05, 0.1) is 19.1 Å². The van der Waals surface area contributed by atoms with Gasteiger partial charge in [0.1, 0.15) is 6.04 Å². The number of hydrogen-bond acceptors (Lipinski definition) is 6. The second-order valence-electron chi connectivity index (χ2n) is 4.12. The molecule has 1 saturated heterocycles. The van der Waals surface area contributed by atoms with Crippen molar-refractivity contribution in [3.63, 3.8) is 0 Å². The van der Waals surface area contributed by atoms with E-state index in [1.54, 1.807) is 30.8 Å². The zero-order chi connectivity index (χ0) is 13.8. The van der Waals surface area contributed by atoms with Gasteiger partial charge in [0.25, 0.3) is 0 Å². The summed E-state index contributed by atoms with van der Waals surface area (Å²) in [7, 11) is 1.51. The van der Waals surface area contributed by atoms with Crippen molar-refractivity contribution in [2.75, 3.05) is 19.5 Å². The number of thioether (sulfide) groups is 1. The Balaban J connectivity index is 2.04. The van der Waals surface area contributed by atoms with Crippen LogP contribution < -0.4 is 10.1 Å². The summed E-state index contributed by atoms with van der Waals surface area (Å²) in [5.41, 5.74) is 0.912. The predicted molar refractivity (Wildman–Crippen MR) is 73.4 cm³/mol. The zero-order valence-electron chi connectivity index (χ0n) is 10.9. The Morgan fingerprint density at radius 2 is 2.37 bits per heavy atom. The summed E-state index contributed by atoms with van der Waals surface area (Å²) in [6.45, 7) is 2.18. The first-order valence-electron chi connectivity index (χ1n) is 6.07. The van der Waals surface area contributed by atoms with Crippen molar-refractivity contribution in [3.8, 4) is 11.5 Å². The molecule has 2 N–H and O–H groups in total. The molecule has 2 atom stereocenters. The second-order valence-corrected chi connectivity index (χ2v) is 5.25. The summed E-state index contributed by atoms with van der Waals surface area (Å²) in [5, 5.41) is 12.9. The molecule has 1 fully saturated rings. The van der Waals surface area contributed by atoms with E-state index in [1.165, 1.54) is 7.11 Å². The maximum atomic E-state index is 11.6. The first-order valence-corrected chi connectivity index (χ1v) is 7.11. The largest absolute Gasteiger partial charge is 0.504 e. The highest BCUT2D eigenvalue weighted by atomic mass is 32.2. The van der Waals surface area contributed by atoms with Gasteiger partial charge in [-0.3, -0.25) is 10.1 Å². The molecule has 0 aromatic heterocycles. The number of esters is 1. The Kier molecular flexibility index (Phi) is 4.55. The third kappa shape index (κ3) is 3.13. The van der Waals surface area contributed by atoms with Gasteiger partial charge in [-0.05, 0) is 24.6 Å². The molecule has 1 heterocycles. The standard InChI is InChI=1S/C13H17NO4S/c1-3-18-13(16)9-7-19-12(14-9)8-4-5-11(17-2)10(15)6-8/h4-6,9,12,14-15H,3,7H2,1-2H3/t9-,12?/m0/s1. The van der Waals surface area contributed by atoms with Crippen LogP contribution in [-0.2, 0) is 9.53 Å². The fourth-order valence-corrected chi connectivity index (χ4v) is 3.13. The Morgan fingerprint density at radius 3 is 3.00 bits per heavy atom. The van der Waals surface area contributed by atoms with Crippen molar-refractivity contribution >= 4 is 17.7 Å². The minimum absolute atomic E-state index is 0.0220. The molecule has 1 aromatic rings. The van der Waals surface area contributed by atoms with Crippen LogP contribution in [0.2, 0.25) is 0 Å². The van der Waals surface area contributed by atoms with Crippen LogP contribution in [0.5, 0.6) is 11.5 Å². The van der Waals surface area contributed by atoms with Crippen molar-refractivity contribution < 1.29 is 19.4 Å². The summed E-state index contributed by atoms with van der Waals surface area (Å²) in [5.74, 6) is 0.974. The van der Waals surface area contributed by atoms with Gasteiger partial charge in [-0.1, -0.05) is 6.07 Å². The molecule has 0 aliphatic carbocycles. The smallest absolute Gasteiger partial charge is 0.324 e. The van der Waals surface area contributed by atoms with Gasteiger partial charge in [0.2, 0.25) is 0 Å². The maximum absolute atomic E-state index is 11.6. The lowest BCUT2D eigenvalue weighted by Crippen LogP contribution is -2.35. The lowest BCUT2D eigenvalue weighted by Gasteiger charge is -2.14. The normalized spacial score (nSPS) is 22.2. The van der Waals surface area contributed by atoms with E-state index in [1.807, 2.05) is 6.07 Å². The number of nitrogens with one attached hydrogen (secondary N) is 1. The van der Waals surface area contributed by atoms with E-state index in [2.05, 4.69) is 5.32 Å². The molecule has 0 saturated carbocycles. The van der Waals surface area contributed by atoms with Gasteiger partial charge in [-0.25, -0.2) is 0 Å². The highest BCUT2D eigenvalue weighted by molar-refractivity contribution is 7.99. The van der Waals surface area contributed by atoms with Crippen molar-refractivity contribution in [2.45, 2.75) is 18.3 Å². The third-order valence-corrected chi connectivity index (χ3v) is 4.13. The number of methoxy groups -OCH3 is 1. The lowest BCUT2D eigenvalue weighted by atomic mass is 10.2. The number of aromatic hydroxyl groups is 1. The van der Waals surface area contributed by atoms with E-state index in [0.29, 0.717) is 18.1 Å². The van der Waals surface area contributed by atoms with E-state index in [-0.39, 0.29) is 23.1 Å². The zero-order valence-corrected chi connectivity index (χ0v) is 11.7. The van der Waals surface area contributed by atoms with Crippen LogP contribution in [0.15, 0.2) is 18.2 Å². The van der Waals surface area contributed by atoms with Gasteiger partial charge >= 0.3 is 5.97 Å². The van der Waals surface area contributed by atoms with E-state index in [0.717, 1.165) is 5.56 Å². The number of ether oxygens (including phenoxy) is 2. The summed E-state index contributed by atoms with van der Waals surface area (Å²) in [6.07, 6.45) is 0. The molecule has 1 aliphatic rings. The van der Waals surface area contributed by atoms with Crippen LogP contribution in [0, 0.1) is 0 Å². The Bertz CT molecular complexity index is 466. The molecule has 19 heavy (non-hydrogen) atoms. The van der Waals surface area contributed by atoms with Crippen molar-refractivity contribution in [2.24, 2.45) is 0 Å². The number of hydrogen-bond donors (Lipinski definition) is 2. The van der Waals surface area contributed by atoms with E-state index < -0.39 is 0 Å². The minimum Gasteiger partial charge on any atom is -0.504 e. The molecule has 1 aliphatic heterocycles. The molecular formula is C13H17NO4S. The minimum atomic E-state index is -0.292. The van der Waals surface area contributed by atoms with Crippen LogP contribution in [0.25, 0.3) is 0 Å². The molecule has 1 aromatic carbocycles. The van der Waals surface area contributed by atoms with Crippen molar-refractivity contribution in [3.05, 3.63) is 23.8 Å². The monoisotopic (exact) mass is 283 g/mol. The Labute approximate surface area is 116 Å². The molecule has 0 spiro atoms. The molecule has 5 nitrogen and oxygen atoms in total. The fourth-order valence-electron chi connectivity index (χ4n) is 1.91. The van der Waals surface area contributed by atoms with Crippen molar-refractivity contribution in [1.82, 2.24) is 5.32 Å². The molecule has 2 rings (SSSR count). The van der Waals surface area contributed by atoms with Crippen molar-refractivity contribution in [1.29, 1.82) is 0 Å². The number of carbonyl (C=O) groups is 1. The maximum Gasteiger partial charge on any atom is 0.324 e. The second kappa shape index (κ2) is 6.16. The number of benzene rings is 1. The van der Waals surface area contributed by atoms with Crippen LogP contribution >= 0.6 is 11.8 Å². The number of phenols is 1. The molecule has 1 unspecified atom stereocenters. The Hall–Kier alpha value is -1.40. The first-order chi connectivity index (χ1) is 9.15. The van der Waals surface area contributed by atoms with E-state index in [4.69, 9.17) is 9.47 Å². The highest BCUT2D eigenvalue weighted by Gasteiger charge is 2.31. The number of phenolic OH excluding ortho intramolecular Hbond substituents is 1. The lowest BCUT2D eigenvalue weighted by molar-refractivity contribution is -0.144. The summed E-state index contributed by atoms with van der Waals surface area (Å²) in [4.78, 5) is 11.6. The highest BCUT2D eigenvalue weighted by Crippen LogP contribution is 2.36. The summed E-state index contributed by atoms with van der Waals surface area (Å²) >= 11 is 1.62. The average molecular weight is 283 g/mol. The van der Waals surface area contributed by atoms with Crippen LogP contribution in [0.4, 0.5) is 0 Å². The van der Waals surface area contributed by atoms with Crippen LogP contribution in [0.1, 0.15) is 17.9 Å². The first kappa shape index (κ1) is 14.0. The Morgan fingerprint density at radius 1 is 1.58 bits per heavy atom. The van der Waals surface area contributed by atoms with Gasteiger partial charge in [-0.15, -0.1) is 11.8 Å². The number of carbonyl (C=O) groups excluding carboxylic acids is 1. The van der Waals surface area contributed by atoms with Gasteiger partial charge in [0, 0.05) is 5.75 Å². The van der Waals surface area contributed by atoms with Crippen LogP contribution in [-0.4, -0.2) is 36.6 Å².